The quantitative estimate of drug-likeness (QED) is 0.668. The number of ketones is 1. The second-order valence-electron chi connectivity index (χ2n) is 7.84. The molecule has 8 nitrogen and oxygen atoms in total. The summed E-state index contributed by atoms with van der Waals surface area (Å²) in [4.78, 5) is 26.8. The SMILES string of the molecule is O=C(C1CNC1)N(c1ccc(O[C@]2(C(=O)CC(F)(F)F)CCNC2)cc1)c1cccnn1. The van der Waals surface area contributed by atoms with E-state index in [1.54, 1.807) is 24.3 Å². The van der Waals surface area contributed by atoms with E-state index in [0.717, 1.165) is 0 Å². The molecule has 0 bridgehead atoms. The van der Waals surface area contributed by atoms with Gasteiger partial charge in [-0.15, -0.1) is 5.10 Å². The van der Waals surface area contributed by atoms with Crippen LogP contribution in [-0.2, 0) is 9.59 Å². The van der Waals surface area contributed by atoms with E-state index in [1.807, 2.05) is 0 Å². The van der Waals surface area contributed by atoms with Gasteiger partial charge in [-0.3, -0.25) is 14.5 Å². The van der Waals surface area contributed by atoms with E-state index >= 15 is 0 Å². The Balaban J connectivity index is 1.56. The molecule has 3 heterocycles. The number of hydrogen-bond acceptors (Lipinski definition) is 7. The standard InChI is InChI=1S/C21H22F3N5O3/c22-21(23,24)10-17(30)20(7-9-25-13-20)32-16-5-3-15(4-6-16)29(18-2-1-8-27-28-18)19(31)14-11-26-12-14/h1-6,8,14,25-26H,7,9-13H2/t20-/m1/s1. The van der Waals surface area contributed by atoms with Crippen LogP contribution in [0, 0.1) is 5.92 Å². The lowest BCUT2D eigenvalue weighted by molar-refractivity contribution is -0.162. The summed E-state index contributed by atoms with van der Waals surface area (Å²) in [5.41, 5.74) is -1.07. The smallest absolute Gasteiger partial charge is 0.396 e. The Hall–Kier alpha value is -3.05. The van der Waals surface area contributed by atoms with Crippen LogP contribution in [0.1, 0.15) is 12.8 Å². The predicted molar refractivity (Wildman–Crippen MR) is 109 cm³/mol. The van der Waals surface area contributed by atoms with Crippen molar-refractivity contribution in [2.75, 3.05) is 31.1 Å². The summed E-state index contributed by atoms with van der Waals surface area (Å²) in [5, 5.41) is 13.8. The molecule has 0 spiro atoms. The fraction of sp³-hybridized carbons (Fsp3) is 0.429. The molecule has 2 aliphatic heterocycles. The maximum atomic E-state index is 13.0. The highest BCUT2D eigenvalue weighted by Gasteiger charge is 2.47. The van der Waals surface area contributed by atoms with Crippen LogP contribution in [-0.4, -0.2) is 59.8 Å². The number of carbonyl (C=O) groups excluding carboxylic acids is 2. The van der Waals surface area contributed by atoms with Crippen molar-refractivity contribution in [3.8, 4) is 5.75 Å². The van der Waals surface area contributed by atoms with Crippen LogP contribution in [0.25, 0.3) is 0 Å². The van der Waals surface area contributed by atoms with E-state index in [0.29, 0.717) is 31.1 Å². The molecule has 1 aromatic heterocycles. The van der Waals surface area contributed by atoms with Gasteiger partial charge >= 0.3 is 6.18 Å². The fourth-order valence-electron chi connectivity index (χ4n) is 3.71. The maximum absolute atomic E-state index is 13.0. The van der Waals surface area contributed by atoms with Crippen LogP contribution in [0.3, 0.4) is 0 Å². The molecule has 2 fully saturated rings. The van der Waals surface area contributed by atoms with Gasteiger partial charge in [-0.25, -0.2) is 0 Å². The Labute approximate surface area is 182 Å². The van der Waals surface area contributed by atoms with E-state index in [9.17, 15) is 22.8 Å². The number of hydrogen-bond donors (Lipinski definition) is 2. The first-order chi connectivity index (χ1) is 15.3. The van der Waals surface area contributed by atoms with Gasteiger partial charge in [-0.2, -0.15) is 18.3 Å². The summed E-state index contributed by atoms with van der Waals surface area (Å²) < 4.78 is 44.2. The lowest BCUT2D eigenvalue weighted by atomic mass is 9.94. The zero-order valence-corrected chi connectivity index (χ0v) is 17.1. The van der Waals surface area contributed by atoms with Gasteiger partial charge in [0.25, 0.3) is 0 Å². The Bertz CT molecular complexity index is 959. The number of amides is 1. The second kappa shape index (κ2) is 8.83. The van der Waals surface area contributed by atoms with E-state index in [4.69, 9.17) is 4.74 Å². The Morgan fingerprint density at radius 3 is 2.44 bits per heavy atom. The number of rotatable bonds is 7. The minimum Gasteiger partial charge on any atom is -0.478 e. The minimum absolute atomic E-state index is 0.00254. The van der Waals surface area contributed by atoms with Gasteiger partial charge < -0.3 is 15.4 Å². The summed E-state index contributed by atoms with van der Waals surface area (Å²) >= 11 is 0. The molecular weight excluding hydrogens is 427 g/mol. The van der Waals surface area contributed by atoms with Gasteiger partial charge in [-0.05, 0) is 42.9 Å². The van der Waals surface area contributed by atoms with Gasteiger partial charge in [0.2, 0.25) is 5.91 Å². The largest absolute Gasteiger partial charge is 0.478 e. The Kier molecular flexibility index (Phi) is 6.11. The molecule has 2 N–H and O–H groups in total. The van der Waals surface area contributed by atoms with Crippen LogP contribution in [0.5, 0.6) is 5.75 Å². The molecule has 32 heavy (non-hydrogen) atoms. The lowest BCUT2D eigenvalue weighted by Crippen LogP contribution is -2.51. The normalized spacial score (nSPS) is 21.1. The third-order valence-electron chi connectivity index (χ3n) is 5.53. The van der Waals surface area contributed by atoms with Crippen molar-refractivity contribution >= 4 is 23.2 Å². The van der Waals surface area contributed by atoms with Crippen molar-refractivity contribution in [3.05, 3.63) is 42.6 Å². The highest BCUT2D eigenvalue weighted by Crippen LogP contribution is 2.33. The van der Waals surface area contributed by atoms with Crippen LogP contribution in [0.2, 0.25) is 0 Å². The van der Waals surface area contributed by atoms with E-state index in [2.05, 4.69) is 20.8 Å². The molecule has 1 amide bonds. The third-order valence-corrected chi connectivity index (χ3v) is 5.53. The van der Waals surface area contributed by atoms with Crippen molar-refractivity contribution in [2.45, 2.75) is 24.6 Å². The van der Waals surface area contributed by atoms with Crippen molar-refractivity contribution in [1.29, 1.82) is 0 Å². The van der Waals surface area contributed by atoms with E-state index < -0.39 is 24.0 Å². The molecule has 0 aliphatic carbocycles. The van der Waals surface area contributed by atoms with Gasteiger partial charge in [0.05, 0.1) is 11.6 Å². The zero-order chi connectivity index (χ0) is 22.8. The monoisotopic (exact) mass is 449 g/mol. The number of nitrogens with zero attached hydrogens (tertiary/aromatic N) is 3. The van der Waals surface area contributed by atoms with Crippen LogP contribution < -0.4 is 20.3 Å². The Morgan fingerprint density at radius 2 is 1.91 bits per heavy atom. The second-order valence-corrected chi connectivity index (χ2v) is 7.84. The topological polar surface area (TPSA) is 96.5 Å². The first-order valence-electron chi connectivity index (χ1n) is 10.2. The van der Waals surface area contributed by atoms with Crippen LogP contribution in [0.15, 0.2) is 42.6 Å². The number of benzene rings is 1. The third kappa shape index (κ3) is 4.73. The molecule has 0 saturated carbocycles. The van der Waals surface area contributed by atoms with E-state index in [-0.39, 0.29) is 30.5 Å². The number of alkyl halides is 3. The lowest BCUT2D eigenvalue weighted by Gasteiger charge is -2.32. The molecule has 2 saturated heterocycles. The number of Topliss-reactive ketones (excluding diaryl/α,β-unsaturated/α-hetero) is 1. The number of halogens is 3. The van der Waals surface area contributed by atoms with Crippen molar-refractivity contribution < 1.29 is 27.5 Å². The zero-order valence-electron chi connectivity index (χ0n) is 17.1. The van der Waals surface area contributed by atoms with E-state index in [1.165, 1.54) is 23.2 Å². The average Bonchev–Trinajstić information content (AvgIpc) is 3.18. The molecule has 11 heteroatoms. The summed E-state index contributed by atoms with van der Waals surface area (Å²) in [6.07, 6.45) is -4.51. The molecule has 0 radical (unpaired) electrons. The summed E-state index contributed by atoms with van der Waals surface area (Å²) in [6.45, 7) is 1.51. The molecule has 170 valence electrons. The molecule has 1 atom stereocenters. The number of aromatic nitrogens is 2. The highest BCUT2D eigenvalue weighted by molar-refractivity contribution is 6.01. The van der Waals surface area contributed by atoms with Crippen molar-refractivity contribution in [2.24, 2.45) is 5.92 Å². The number of nitrogens with one attached hydrogen (secondary N) is 2. The van der Waals surface area contributed by atoms with Crippen molar-refractivity contribution in [1.82, 2.24) is 20.8 Å². The first-order valence-corrected chi connectivity index (χ1v) is 10.2. The van der Waals surface area contributed by atoms with Gasteiger partial charge in [0.15, 0.2) is 17.2 Å². The van der Waals surface area contributed by atoms with Gasteiger partial charge in [0, 0.05) is 32.3 Å². The number of carbonyl (C=O) groups is 2. The summed E-state index contributed by atoms with van der Waals surface area (Å²) in [6, 6.07) is 9.62. The molecular formula is C21H22F3N5O3. The Morgan fingerprint density at radius 1 is 1.16 bits per heavy atom. The predicted octanol–water partition coefficient (Wildman–Crippen LogP) is 1.99. The number of ether oxygens (including phenoxy) is 1. The summed E-state index contributed by atoms with van der Waals surface area (Å²) in [7, 11) is 0. The fourth-order valence-corrected chi connectivity index (χ4v) is 3.71. The van der Waals surface area contributed by atoms with Gasteiger partial charge in [0.1, 0.15) is 12.2 Å². The maximum Gasteiger partial charge on any atom is 0.396 e. The van der Waals surface area contributed by atoms with Gasteiger partial charge in [-0.1, -0.05) is 0 Å². The van der Waals surface area contributed by atoms with Crippen molar-refractivity contribution in [3.63, 3.8) is 0 Å². The molecule has 1 aromatic carbocycles. The number of anilines is 2. The summed E-state index contributed by atoms with van der Waals surface area (Å²) in [5.74, 6) is -0.747. The molecule has 2 aliphatic rings. The molecule has 0 unspecified atom stereocenters. The minimum atomic E-state index is -4.60. The van der Waals surface area contributed by atoms with Crippen LogP contribution >= 0.6 is 0 Å². The van der Waals surface area contributed by atoms with Crippen LogP contribution in [0.4, 0.5) is 24.7 Å². The first kappa shape index (κ1) is 22.2. The molecule has 4 rings (SSSR count). The molecule has 2 aromatic rings. The average molecular weight is 449 g/mol. The highest BCUT2D eigenvalue weighted by atomic mass is 19.4.